The molecule has 1 aromatic heterocycles. The SMILES string of the molecule is CCOC(=O)N1CCC(Nc2ccc(C(=O)Nc3cccc(C)c3C)nn2)CC1. The van der Waals surface area contributed by atoms with Gasteiger partial charge in [0.1, 0.15) is 5.82 Å². The van der Waals surface area contributed by atoms with E-state index < -0.39 is 0 Å². The van der Waals surface area contributed by atoms with E-state index in [4.69, 9.17) is 4.74 Å². The molecular formula is C21H27N5O3. The summed E-state index contributed by atoms with van der Waals surface area (Å²) in [5, 5.41) is 14.4. The summed E-state index contributed by atoms with van der Waals surface area (Å²) in [7, 11) is 0. The smallest absolute Gasteiger partial charge is 0.409 e. The van der Waals surface area contributed by atoms with Crippen molar-refractivity contribution in [1.29, 1.82) is 0 Å². The van der Waals surface area contributed by atoms with Gasteiger partial charge in [0.2, 0.25) is 0 Å². The van der Waals surface area contributed by atoms with Gasteiger partial charge in [0.05, 0.1) is 6.61 Å². The van der Waals surface area contributed by atoms with Gasteiger partial charge in [-0.2, -0.15) is 0 Å². The fourth-order valence-electron chi connectivity index (χ4n) is 3.23. The Morgan fingerprint density at radius 3 is 2.55 bits per heavy atom. The molecule has 2 N–H and O–H groups in total. The molecule has 0 atom stereocenters. The van der Waals surface area contributed by atoms with Crippen molar-refractivity contribution >= 4 is 23.5 Å². The number of carbonyl (C=O) groups is 2. The number of piperidine rings is 1. The van der Waals surface area contributed by atoms with E-state index in [0.29, 0.717) is 25.5 Å². The first-order valence-electron chi connectivity index (χ1n) is 9.87. The molecule has 0 aliphatic carbocycles. The first kappa shape index (κ1) is 20.6. The topological polar surface area (TPSA) is 96.5 Å². The number of hydrogen-bond acceptors (Lipinski definition) is 6. The molecule has 0 unspecified atom stereocenters. The van der Waals surface area contributed by atoms with Crippen LogP contribution in [0.25, 0.3) is 0 Å². The van der Waals surface area contributed by atoms with E-state index in [1.807, 2.05) is 32.0 Å². The quantitative estimate of drug-likeness (QED) is 0.803. The number of ether oxygens (including phenoxy) is 1. The summed E-state index contributed by atoms with van der Waals surface area (Å²) in [5.74, 6) is 0.323. The Labute approximate surface area is 170 Å². The van der Waals surface area contributed by atoms with Crippen molar-refractivity contribution in [2.24, 2.45) is 0 Å². The maximum Gasteiger partial charge on any atom is 0.409 e. The molecule has 1 aromatic carbocycles. The van der Waals surface area contributed by atoms with Crippen LogP contribution in [0.15, 0.2) is 30.3 Å². The van der Waals surface area contributed by atoms with E-state index in [2.05, 4.69) is 20.8 Å². The highest BCUT2D eigenvalue weighted by atomic mass is 16.6. The summed E-state index contributed by atoms with van der Waals surface area (Å²) < 4.78 is 5.03. The van der Waals surface area contributed by atoms with Crippen molar-refractivity contribution in [1.82, 2.24) is 15.1 Å². The van der Waals surface area contributed by atoms with Gasteiger partial charge < -0.3 is 20.3 Å². The number of amides is 2. The van der Waals surface area contributed by atoms with Gasteiger partial charge in [-0.15, -0.1) is 10.2 Å². The molecule has 8 heteroatoms. The highest BCUT2D eigenvalue weighted by Gasteiger charge is 2.23. The van der Waals surface area contributed by atoms with Crippen LogP contribution in [0.4, 0.5) is 16.3 Å². The van der Waals surface area contributed by atoms with Crippen LogP contribution < -0.4 is 10.6 Å². The van der Waals surface area contributed by atoms with Crippen molar-refractivity contribution < 1.29 is 14.3 Å². The van der Waals surface area contributed by atoms with Crippen LogP contribution in [0.1, 0.15) is 41.4 Å². The van der Waals surface area contributed by atoms with Crippen molar-refractivity contribution in [3.63, 3.8) is 0 Å². The van der Waals surface area contributed by atoms with Crippen LogP contribution >= 0.6 is 0 Å². The molecule has 0 bridgehead atoms. The number of aromatic nitrogens is 2. The van der Waals surface area contributed by atoms with Gasteiger partial charge in [-0.3, -0.25) is 4.79 Å². The Hall–Kier alpha value is -3.16. The maximum absolute atomic E-state index is 12.4. The number of likely N-dealkylation sites (tertiary alicyclic amines) is 1. The van der Waals surface area contributed by atoms with Crippen LogP contribution in [0.5, 0.6) is 0 Å². The first-order valence-corrected chi connectivity index (χ1v) is 9.87. The Kier molecular flexibility index (Phi) is 6.64. The molecule has 3 rings (SSSR count). The number of nitrogens with zero attached hydrogens (tertiary/aromatic N) is 3. The van der Waals surface area contributed by atoms with E-state index in [0.717, 1.165) is 29.7 Å². The Bertz CT molecular complexity index is 861. The van der Waals surface area contributed by atoms with Crippen LogP contribution in [-0.4, -0.2) is 52.8 Å². The molecule has 1 saturated heterocycles. The molecule has 8 nitrogen and oxygen atoms in total. The normalized spacial score (nSPS) is 14.4. The minimum Gasteiger partial charge on any atom is -0.450 e. The van der Waals surface area contributed by atoms with Gasteiger partial charge in [0.25, 0.3) is 5.91 Å². The molecule has 1 aliphatic heterocycles. The second-order valence-electron chi connectivity index (χ2n) is 7.11. The van der Waals surface area contributed by atoms with Crippen LogP contribution in [-0.2, 0) is 4.74 Å². The number of benzene rings is 1. The fraction of sp³-hybridized carbons (Fsp3) is 0.429. The number of anilines is 2. The van der Waals surface area contributed by atoms with E-state index in [1.54, 1.807) is 24.0 Å². The second-order valence-corrected chi connectivity index (χ2v) is 7.11. The zero-order chi connectivity index (χ0) is 20.8. The van der Waals surface area contributed by atoms with Crippen molar-refractivity contribution in [3.05, 3.63) is 47.2 Å². The van der Waals surface area contributed by atoms with Crippen LogP contribution in [0.3, 0.4) is 0 Å². The molecule has 154 valence electrons. The molecule has 0 spiro atoms. The van der Waals surface area contributed by atoms with Crippen LogP contribution in [0.2, 0.25) is 0 Å². The average molecular weight is 397 g/mol. The number of rotatable bonds is 5. The first-order chi connectivity index (χ1) is 14.0. The van der Waals surface area contributed by atoms with E-state index in [1.165, 1.54) is 0 Å². The maximum atomic E-state index is 12.4. The largest absolute Gasteiger partial charge is 0.450 e. The number of nitrogens with one attached hydrogen (secondary N) is 2. The van der Waals surface area contributed by atoms with Gasteiger partial charge in [-0.1, -0.05) is 12.1 Å². The number of aryl methyl sites for hydroxylation is 1. The molecular weight excluding hydrogens is 370 g/mol. The zero-order valence-corrected chi connectivity index (χ0v) is 17.1. The molecule has 2 amide bonds. The second kappa shape index (κ2) is 9.36. The Balaban J connectivity index is 1.53. The van der Waals surface area contributed by atoms with Crippen molar-refractivity contribution in [2.75, 3.05) is 30.3 Å². The minimum atomic E-state index is -0.291. The van der Waals surface area contributed by atoms with E-state index >= 15 is 0 Å². The van der Waals surface area contributed by atoms with E-state index in [-0.39, 0.29) is 23.7 Å². The fourth-order valence-corrected chi connectivity index (χ4v) is 3.23. The lowest BCUT2D eigenvalue weighted by Crippen LogP contribution is -2.42. The lowest BCUT2D eigenvalue weighted by molar-refractivity contribution is 0.0982. The third kappa shape index (κ3) is 5.22. The van der Waals surface area contributed by atoms with Crippen molar-refractivity contribution in [2.45, 2.75) is 39.7 Å². The third-order valence-electron chi connectivity index (χ3n) is 5.12. The highest BCUT2D eigenvalue weighted by molar-refractivity contribution is 6.03. The summed E-state index contributed by atoms with van der Waals surface area (Å²) in [5.41, 5.74) is 3.17. The summed E-state index contributed by atoms with van der Waals surface area (Å²) in [4.78, 5) is 25.9. The third-order valence-corrected chi connectivity index (χ3v) is 5.12. The number of carbonyl (C=O) groups excluding carboxylic acids is 2. The molecule has 0 radical (unpaired) electrons. The molecule has 1 aliphatic rings. The molecule has 0 saturated carbocycles. The number of hydrogen-bond donors (Lipinski definition) is 2. The average Bonchev–Trinajstić information content (AvgIpc) is 2.72. The van der Waals surface area contributed by atoms with Crippen LogP contribution in [0, 0.1) is 13.8 Å². The van der Waals surface area contributed by atoms with Gasteiger partial charge in [0.15, 0.2) is 5.69 Å². The van der Waals surface area contributed by atoms with Gasteiger partial charge in [0, 0.05) is 24.8 Å². The highest BCUT2D eigenvalue weighted by Crippen LogP contribution is 2.19. The molecule has 2 aromatic rings. The molecule has 2 heterocycles. The lowest BCUT2D eigenvalue weighted by Gasteiger charge is -2.31. The lowest BCUT2D eigenvalue weighted by atomic mass is 10.1. The van der Waals surface area contributed by atoms with Crippen molar-refractivity contribution in [3.8, 4) is 0 Å². The summed E-state index contributed by atoms with van der Waals surface area (Å²) >= 11 is 0. The van der Waals surface area contributed by atoms with E-state index in [9.17, 15) is 9.59 Å². The summed E-state index contributed by atoms with van der Waals surface area (Å²) in [6.07, 6.45) is 1.34. The summed E-state index contributed by atoms with van der Waals surface area (Å²) in [6, 6.07) is 9.38. The van der Waals surface area contributed by atoms with Gasteiger partial charge >= 0.3 is 6.09 Å². The molecule has 1 fully saturated rings. The van der Waals surface area contributed by atoms with Gasteiger partial charge in [-0.25, -0.2) is 4.79 Å². The summed E-state index contributed by atoms with van der Waals surface area (Å²) in [6.45, 7) is 7.44. The predicted octanol–water partition coefficient (Wildman–Crippen LogP) is 3.38. The molecule has 29 heavy (non-hydrogen) atoms. The predicted molar refractivity (Wildman–Crippen MR) is 111 cm³/mol. The monoisotopic (exact) mass is 397 g/mol. The minimum absolute atomic E-state index is 0.199. The van der Waals surface area contributed by atoms with Gasteiger partial charge in [-0.05, 0) is 62.9 Å². The Morgan fingerprint density at radius 1 is 1.14 bits per heavy atom. The Morgan fingerprint density at radius 2 is 1.90 bits per heavy atom. The zero-order valence-electron chi connectivity index (χ0n) is 17.1. The standard InChI is InChI=1S/C21H27N5O3/c1-4-29-21(28)26-12-10-16(11-13-26)22-19-9-8-18(24-25-19)20(27)23-17-7-5-6-14(2)15(17)3/h5-9,16H,4,10-13H2,1-3H3,(H,22,25)(H,23,27).